The predicted molar refractivity (Wildman–Crippen MR) is 177 cm³/mol. The molecule has 46 heavy (non-hydrogen) atoms. The van der Waals surface area contributed by atoms with Crippen LogP contribution < -0.4 is 4.74 Å². The molecule has 1 spiro atoms. The van der Waals surface area contributed by atoms with E-state index < -0.39 is 17.6 Å². The number of alkyl halides is 2. The van der Waals surface area contributed by atoms with Gasteiger partial charge in [-0.2, -0.15) is 0 Å². The number of carbonyl (C=O) groups is 2. The zero-order valence-corrected chi connectivity index (χ0v) is 28.3. The van der Waals surface area contributed by atoms with Gasteiger partial charge in [0.25, 0.3) is 0 Å². The number of H-pyrrole nitrogens is 1. The summed E-state index contributed by atoms with van der Waals surface area (Å²) in [6.07, 6.45) is 4.81. The van der Waals surface area contributed by atoms with E-state index >= 15 is 0 Å². The Morgan fingerprint density at radius 2 is 1.67 bits per heavy atom. The van der Waals surface area contributed by atoms with Gasteiger partial charge in [0.1, 0.15) is 11.4 Å². The molecule has 250 valence electrons. The third kappa shape index (κ3) is 7.54. The Balaban J connectivity index is 0.000000266. The smallest absolute Gasteiger partial charge is 0.419 e. The molecule has 0 amide bonds. The van der Waals surface area contributed by atoms with Crippen molar-refractivity contribution in [3.05, 3.63) is 65.5 Å². The number of esters is 1. The fraction of sp³-hybridized carbons (Fsp3) is 0.500. The van der Waals surface area contributed by atoms with Crippen molar-refractivity contribution in [2.45, 2.75) is 85.3 Å². The number of hydrogen-bond donors (Lipinski definition) is 1. The molecule has 0 atom stereocenters. The molecule has 1 N–H and O–H groups in total. The molecule has 0 unspecified atom stereocenters. The molecule has 10 heteroatoms. The second-order valence-corrected chi connectivity index (χ2v) is 13.0. The summed E-state index contributed by atoms with van der Waals surface area (Å²) in [7, 11) is 3.03. The molecular formula is C36H47F2N3O5. The highest BCUT2D eigenvalue weighted by Gasteiger charge is 2.56. The second kappa shape index (κ2) is 13.8. The minimum atomic E-state index is -2.47. The van der Waals surface area contributed by atoms with E-state index in [1.54, 1.807) is 30.1 Å². The number of likely N-dealkylation sites (tertiary alicyclic amines) is 1. The lowest BCUT2D eigenvalue weighted by molar-refractivity contribution is -0.178. The van der Waals surface area contributed by atoms with Crippen LogP contribution in [0.1, 0.15) is 81.8 Å². The van der Waals surface area contributed by atoms with Crippen molar-refractivity contribution in [2.75, 3.05) is 27.3 Å². The van der Waals surface area contributed by atoms with E-state index in [9.17, 15) is 18.4 Å². The van der Waals surface area contributed by atoms with E-state index in [1.165, 1.54) is 7.11 Å². The molecule has 2 aromatic heterocycles. The molecule has 1 aliphatic carbocycles. The van der Waals surface area contributed by atoms with Gasteiger partial charge in [0, 0.05) is 53.6 Å². The summed E-state index contributed by atoms with van der Waals surface area (Å²) < 4.78 is 44.3. The van der Waals surface area contributed by atoms with Crippen LogP contribution in [0.5, 0.6) is 5.75 Å². The monoisotopic (exact) mass is 639 g/mol. The van der Waals surface area contributed by atoms with Gasteiger partial charge >= 0.3 is 12.1 Å². The van der Waals surface area contributed by atoms with Crippen molar-refractivity contribution in [2.24, 2.45) is 5.41 Å². The minimum Gasteiger partial charge on any atom is -0.496 e. The minimum absolute atomic E-state index is 0.0324. The van der Waals surface area contributed by atoms with Crippen LogP contribution in [0.15, 0.2) is 48.8 Å². The second-order valence-electron chi connectivity index (χ2n) is 13.0. The number of ether oxygens (including phenoxy) is 3. The number of halogens is 2. The predicted octanol–water partition coefficient (Wildman–Crippen LogP) is 8.73. The molecule has 3 heterocycles. The molecule has 1 aliphatic heterocycles. The third-order valence-corrected chi connectivity index (χ3v) is 8.61. The number of aromatic amines is 1. The van der Waals surface area contributed by atoms with Crippen LogP contribution in [-0.4, -0.2) is 65.3 Å². The lowest BCUT2D eigenvalue weighted by atomic mass is 9.61. The van der Waals surface area contributed by atoms with Gasteiger partial charge in [-0.1, -0.05) is 19.9 Å². The molecule has 6 rings (SSSR count). The number of fused-ring (bicyclic) bond motifs is 2. The number of benzene rings is 2. The Kier molecular flexibility index (Phi) is 10.5. The average molecular weight is 640 g/mol. The van der Waals surface area contributed by atoms with Gasteiger partial charge in [0.2, 0.25) is 5.92 Å². The van der Waals surface area contributed by atoms with Crippen molar-refractivity contribution in [3.8, 4) is 5.75 Å². The van der Waals surface area contributed by atoms with Crippen molar-refractivity contribution in [1.29, 1.82) is 0 Å². The average Bonchev–Trinajstić information content (AvgIpc) is 3.67. The van der Waals surface area contributed by atoms with Gasteiger partial charge < -0.3 is 19.2 Å². The third-order valence-electron chi connectivity index (χ3n) is 8.61. The fourth-order valence-corrected chi connectivity index (χ4v) is 6.55. The first-order chi connectivity index (χ1) is 21.7. The van der Waals surface area contributed by atoms with Crippen LogP contribution in [0.25, 0.3) is 21.8 Å². The molecule has 4 aromatic rings. The van der Waals surface area contributed by atoms with E-state index in [2.05, 4.69) is 14.6 Å². The fourth-order valence-electron chi connectivity index (χ4n) is 6.55. The van der Waals surface area contributed by atoms with Crippen LogP contribution in [0.4, 0.5) is 13.6 Å². The Labute approximate surface area is 270 Å². The lowest BCUT2D eigenvalue weighted by Gasteiger charge is -2.51. The summed E-state index contributed by atoms with van der Waals surface area (Å²) in [6.45, 7) is 13.7. The maximum absolute atomic E-state index is 13.4. The summed E-state index contributed by atoms with van der Waals surface area (Å²) in [5.74, 6) is -1.99. The molecule has 1 saturated heterocycles. The van der Waals surface area contributed by atoms with Crippen molar-refractivity contribution >= 4 is 33.9 Å². The van der Waals surface area contributed by atoms with Gasteiger partial charge in [-0.3, -0.25) is 9.47 Å². The first-order valence-corrected chi connectivity index (χ1v) is 15.9. The van der Waals surface area contributed by atoms with E-state index in [1.807, 2.05) is 71.9 Å². The topological polar surface area (TPSA) is 85.8 Å². The van der Waals surface area contributed by atoms with Crippen molar-refractivity contribution in [1.82, 2.24) is 14.5 Å². The summed E-state index contributed by atoms with van der Waals surface area (Å²) in [5.41, 5.74) is 3.55. The van der Waals surface area contributed by atoms with Crippen LogP contribution in [0, 0.1) is 12.3 Å². The number of aromatic nitrogens is 2. The molecule has 0 radical (unpaired) electrons. The molecular weight excluding hydrogens is 592 g/mol. The Hall–Kier alpha value is -3.92. The quantitative estimate of drug-likeness (QED) is 0.225. The highest BCUT2D eigenvalue weighted by Crippen LogP contribution is 2.57. The SMILES string of the molecule is CC.COC(=O)c1cccc2[nH]ccc12.COc1cc(C)c2c(ccn2C(=O)OC(C)(C)C)c1CN1CCC2(CC1)CC(F)(F)C2. The van der Waals surface area contributed by atoms with E-state index in [0.29, 0.717) is 12.1 Å². The van der Waals surface area contributed by atoms with E-state index in [-0.39, 0.29) is 24.2 Å². The summed E-state index contributed by atoms with van der Waals surface area (Å²) in [6, 6.07) is 11.2. The molecule has 1 saturated carbocycles. The number of carbonyl (C=O) groups excluding carboxylic acids is 2. The molecule has 2 aliphatic rings. The van der Waals surface area contributed by atoms with Crippen LogP contribution in [0.2, 0.25) is 0 Å². The van der Waals surface area contributed by atoms with Gasteiger partial charge in [-0.05, 0) is 94.9 Å². The first-order valence-electron chi connectivity index (χ1n) is 15.9. The highest BCUT2D eigenvalue weighted by atomic mass is 19.3. The van der Waals surface area contributed by atoms with Crippen LogP contribution in [0.3, 0.4) is 0 Å². The van der Waals surface area contributed by atoms with Gasteiger partial charge in [0.05, 0.1) is 25.3 Å². The Bertz CT molecular complexity index is 1670. The van der Waals surface area contributed by atoms with Gasteiger partial charge in [0.15, 0.2) is 0 Å². The van der Waals surface area contributed by atoms with Crippen LogP contribution >= 0.6 is 0 Å². The maximum atomic E-state index is 13.4. The van der Waals surface area contributed by atoms with Gasteiger partial charge in [-0.15, -0.1) is 0 Å². The molecule has 2 aromatic carbocycles. The normalized spacial score (nSPS) is 16.9. The van der Waals surface area contributed by atoms with Crippen LogP contribution in [-0.2, 0) is 16.0 Å². The number of nitrogens with zero attached hydrogens (tertiary/aromatic N) is 2. The van der Waals surface area contributed by atoms with E-state index in [4.69, 9.17) is 9.47 Å². The highest BCUT2D eigenvalue weighted by molar-refractivity contribution is 6.03. The standard InChI is InChI=1S/C24H32F2N2O3.C10H9NO2.C2H6/c1-16-12-19(30-5)18(13-27-10-7-23(8-11-27)14-24(25,26)15-23)17-6-9-28(20(16)17)21(29)31-22(2,3)4;1-13-10(12)8-3-2-4-9-7(8)5-6-11-9;1-2/h6,9,12H,7-8,10-11,13-15H2,1-5H3;2-6,11H,1H3;1-2H3. The number of nitrogens with one attached hydrogen (secondary N) is 1. The number of aryl methyl sites for hydroxylation is 1. The Morgan fingerprint density at radius 1 is 1.00 bits per heavy atom. The lowest BCUT2D eigenvalue weighted by Crippen LogP contribution is -2.52. The molecule has 2 fully saturated rings. The molecule has 0 bridgehead atoms. The Morgan fingerprint density at radius 3 is 2.26 bits per heavy atom. The number of methoxy groups -OCH3 is 2. The van der Waals surface area contributed by atoms with Crippen molar-refractivity contribution < 1.29 is 32.6 Å². The van der Waals surface area contributed by atoms with Gasteiger partial charge in [-0.25, -0.2) is 18.4 Å². The largest absolute Gasteiger partial charge is 0.496 e. The van der Waals surface area contributed by atoms with Crippen molar-refractivity contribution in [3.63, 3.8) is 0 Å². The summed E-state index contributed by atoms with van der Waals surface area (Å²) in [5, 5.41) is 1.85. The summed E-state index contributed by atoms with van der Waals surface area (Å²) in [4.78, 5) is 29.4. The first kappa shape index (κ1) is 34.9. The zero-order valence-electron chi connectivity index (χ0n) is 28.3. The zero-order chi connectivity index (χ0) is 33.9. The molecule has 8 nitrogen and oxygen atoms in total. The summed E-state index contributed by atoms with van der Waals surface area (Å²) >= 11 is 0. The number of hydrogen-bond acceptors (Lipinski definition) is 6. The number of piperidine rings is 1. The maximum Gasteiger partial charge on any atom is 0.419 e. The van der Waals surface area contributed by atoms with E-state index in [0.717, 1.165) is 64.6 Å². The number of rotatable bonds is 4.